The lowest BCUT2D eigenvalue weighted by Crippen LogP contribution is -2.49. The second-order valence-corrected chi connectivity index (χ2v) is 7.15. The lowest BCUT2D eigenvalue weighted by molar-refractivity contribution is 0.0621. The first-order chi connectivity index (χ1) is 11.9. The van der Waals surface area contributed by atoms with E-state index in [1.165, 1.54) is 30.3 Å². The third kappa shape index (κ3) is 2.27. The third-order valence-corrected chi connectivity index (χ3v) is 5.73. The van der Waals surface area contributed by atoms with Crippen molar-refractivity contribution >= 4 is 5.91 Å². The minimum Gasteiger partial charge on any atom is -0.336 e. The number of rotatable bonds is 1. The molecule has 8 heteroatoms. The Morgan fingerprint density at radius 2 is 2.04 bits per heavy atom. The number of aromatic amines is 1. The Morgan fingerprint density at radius 3 is 2.84 bits per heavy atom. The van der Waals surface area contributed by atoms with E-state index in [9.17, 15) is 14.4 Å². The van der Waals surface area contributed by atoms with E-state index in [0.29, 0.717) is 13.1 Å². The molecule has 1 N–H and O–H groups in total. The summed E-state index contributed by atoms with van der Waals surface area (Å²) < 4.78 is 2.25. The highest BCUT2D eigenvalue weighted by Gasteiger charge is 2.44. The number of hydrogen-bond donors (Lipinski definition) is 1. The van der Waals surface area contributed by atoms with Crippen molar-refractivity contribution in [2.24, 2.45) is 14.1 Å². The zero-order valence-electron chi connectivity index (χ0n) is 14.4. The van der Waals surface area contributed by atoms with Crippen molar-refractivity contribution in [2.75, 3.05) is 13.1 Å². The minimum atomic E-state index is -0.487. The van der Waals surface area contributed by atoms with Gasteiger partial charge in [-0.25, -0.2) is 4.79 Å². The molecule has 3 heterocycles. The second-order valence-electron chi connectivity index (χ2n) is 7.15. The summed E-state index contributed by atoms with van der Waals surface area (Å²) in [6.07, 6.45) is 5.74. The molecule has 0 aromatic carbocycles. The summed E-state index contributed by atoms with van der Waals surface area (Å²) in [5.41, 5.74) is 1.48. The maximum Gasteiger partial charge on any atom is 0.331 e. The molecule has 0 saturated carbocycles. The summed E-state index contributed by atoms with van der Waals surface area (Å²) in [6.45, 7) is 1.22. The Balaban J connectivity index is 1.69. The lowest BCUT2D eigenvalue weighted by Gasteiger charge is -2.40. The van der Waals surface area contributed by atoms with Crippen molar-refractivity contribution in [1.29, 1.82) is 0 Å². The van der Waals surface area contributed by atoms with Crippen LogP contribution in [-0.2, 0) is 25.9 Å². The third-order valence-electron chi connectivity index (χ3n) is 5.73. The molecule has 2 aromatic rings. The van der Waals surface area contributed by atoms with Crippen molar-refractivity contribution in [3.63, 3.8) is 0 Å². The molecule has 1 saturated heterocycles. The highest BCUT2D eigenvalue weighted by atomic mass is 16.2. The molecule has 1 aliphatic carbocycles. The summed E-state index contributed by atoms with van der Waals surface area (Å²) in [7, 11) is 2.93. The molecule has 25 heavy (non-hydrogen) atoms. The fourth-order valence-corrected chi connectivity index (χ4v) is 4.27. The summed E-state index contributed by atoms with van der Waals surface area (Å²) in [5, 5.41) is 7.27. The molecule has 1 unspecified atom stereocenters. The lowest BCUT2D eigenvalue weighted by atomic mass is 9.77. The van der Waals surface area contributed by atoms with Crippen LogP contribution in [-0.4, -0.2) is 43.2 Å². The van der Waals surface area contributed by atoms with Gasteiger partial charge in [0, 0.05) is 44.4 Å². The Bertz CT molecular complexity index is 969. The number of fused-ring (bicyclic) bond motifs is 2. The van der Waals surface area contributed by atoms with Gasteiger partial charge >= 0.3 is 5.69 Å². The Morgan fingerprint density at radius 1 is 1.24 bits per heavy atom. The van der Waals surface area contributed by atoms with Crippen LogP contribution in [0.1, 0.15) is 41.0 Å². The monoisotopic (exact) mass is 343 g/mol. The van der Waals surface area contributed by atoms with E-state index >= 15 is 0 Å². The first kappa shape index (κ1) is 15.9. The van der Waals surface area contributed by atoms with Crippen LogP contribution in [0.4, 0.5) is 0 Å². The number of nitrogens with one attached hydrogen (secondary N) is 1. The quantitative estimate of drug-likeness (QED) is 0.784. The van der Waals surface area contributed by atoms with Gasteiger partial charge in [0.25, 0.3) is 11.5 Å². The number of amides is 1. The predicted molar refractivity (Wildman–Crippen MR) is 90.6 cm³/mol. The van der Waals surface area contributed by atoms with Gasteiger partial charge in [-0.3, -0.25) is 23.8 Å². The number of nitrogens with zero attached hydrogens (tertiary/aromatic N) is 4. The molecule has 0 radical (unpaired) electrons. The van der Waals surface area contributed by atoms with Crippen LogP contribution < -0.4 is 11.2 Å². The Kier molecular flexibility index (Phi) is 3.45. The molecule has 1 atom stereocenters. The number of hydrogen-bond acceptors (Lipinski definition) is 4. The van der Waals surface area contributed by atoms with Crippen molar-refractivity contribution in [2.45, 2.75) is 31.1 Å². The van der Waals surface area contributed by atoms with Crippen LogP contribution in [0.15, 0.2) is 21.9 Å². The average molecular weight is 343 g/mol. The summed E-state index contributed by atoms with van der Waals surface area (Å²) in [5.74, 6) is -0.260. The molecule has 1 spiro atoms. The van der Waals surface area contributed by atoms with Gasteiger partial charge in [0.05, 0.1) is 6.20 Å². The molecule has 1 fully saturated rings. The molecule has 0 bridgehead atoms. The van der Waals surface area contributed by atoms with E-state index in [0.717, 1.165) is 35.9 Å². The molecule has 1 aliphatic heterocycles. The van der Waals surface area contributed by atoms with Gasteiger partial charge in [-0.2, -0.15) is 5.10 Å². The van der Waals surface area contributed by atoms with Gasteiger partial charge in [-0.05, 0) is 31.2 Å². The topological polar surface area (TPSA) is 93.0 Å². The molecule has 132 valence electrons. The highest BCUT2D eigenvalue weighted by molar-refractivity contribution is 5.92. The number of carbonyl (C=O) groups is 1. The maximum absolute atomic E-state index is 13.0. The molecule has 2 aliphatic rings. The molecule has 2 aromatic heterocycles. The van der Waals surface area contributed by atoms with Crippen molar-refractivity contribution in [3.8, 4) is 0 Å². The number of H-pyrrole nitrogens is 1. The summed E-state index contributed by atoms with van der Waals surface area (Å²) in [4.78, 5) is 38.9. The standard InChI is InChI=1S/C17H21N5O3/c1-20-12(8-13(23)21(2)16(20)25)15(24)22-7-3-5-17(10-22)6-4-11-9-18-19-14(11)17/h8-9H,3-7,10H2,1-2H3,(H,18,19). The van der Waals surface area contributed by atoms with Gasteiger partial charge < -0.3 is 4.90 Å². The Hall–Kier alpha value is -2.64. The normalized spacial score (nSPS) is 22.4. The number of carbonyl (C=O) groups excluding carboxylic acids is 1. The molecular formula is C17H21N5O3. The fourth-order valence-electron chi connectivity index (χ4n) is 4.27. The van der Waals surface area contributed by atoms with Crippen LogP contribution in [0.3, 0.4) is 0 Å². The SMILES string of the molecule is Cn1c(C(=O)N2CCCC3(CCc4cn[nH]c43)C2)cc(=O)n(C)c1=O. The van der Waals surface area contributed by atoms with Crippen LogP contribution in [0.2, 0.25) is 0 Å². The van der Waals surface area contributed by atoms with Gasteiger partial charge in [0.1, 0.15) is 5.69 Å². The largest absolute Gasteiger partial charge is 0.336 e. The minimum absolute atomic E-state index is 0.0850. The average Bonchev–Trinajstić information content (AvgIpc) is 3.21. The molecule has 4 rings (SSSR count). The molecule has 1 amide bonds. The predicted octanol–water partition coefficient (Wildman–Crippen LogP) is -0.0727. The summed E-state index contributed by atoms with van der Waals surface area (Å²) >= 11 is 0. The smallest absolute Gasteiger partial charge is 0.331 e. The van der Waals surface area contributed by atoms with Gasteiger partial charge in [0.2, 0.25) is 0 Å². The second kappa shape index (κ2) is 5.44. The highest BCUT2D eigenvalue weighted by Crippen LogP contribution is 2.43. The van der Waals surface area contributed by atoms with Crippen molar-refractivity contribution in [3.05, 3.63) is 50.1 Å². The van der Waals surface area contributed by atoms with Gasteiger partial charge in [-0.1, -0.05) is 0 Å². The first-order valence-electron chi connectivity index (χ1n) is 8.52. The number of likely N-dealkylation sites (tertiary alicyclic amines) is 1. The van der Waals surface area contributed by atoms with Crippen LogP contribution in [0.25, 0.3) is 0 Å². The number of aryl methyl sites for hydroxylation is 1. The van der Waals surface area contributed by atoms with Crippen molar-refractivity contribution < 1.29 is 4.79 Å². The van der Waals surface area contributed by atoms with Gasteiger partial charge in [-0.15, -0.1) is 0 Å². The zero-order valence-corrected chi connectivity index (χ0v) is 14.4. The molecule has 8 nitrogen and oxygen atoms in total. The maximum atomic E-state index is 13.0. The van der Waals surface area contributed by atoms with Crippen LogP contribution in [0, 0.1) is 0 Å². The number of piperidine rings is 1. The van der Waals surface area contributed by atoms with E-state index in [4.69, 9.17) is 0 Å². The number of aromatic nitrogens is 4. The van der Waals surface area contributed by atoms with Gasteiger partial charge in [0.15, 0.2) is 0 Å². The van der Waals surface area contributed by atoms with E-state index in [1.54, 1.807) is 4.90 Å². The fraction of sp³-hybridized carbons (Fsp3) is 0.529. The first-order valence-corrected chi connectivity index (χ1v) is 8.52. The summed E-state index contributed by atoms with van der Waals surface area (Å²) in [6, 6.07) is 1.25. The van der Waals surface area contributed by atoms with E-state index in [2.05, 4.69) is 10.2 Å². The van der Waals surface area contributed by atoms with Crippen molar-refractivity contribution in [1.82, 2.24) is 24.2 Å². The van der Waals surface area contributed by atoms with E-state index in [-0.39, 0.29) is 17.0 Å². The Labute approximate surface area is 144 Å². The van der Waals surface area contributed by atoms with Crippen LogP contribution >= 0.6 is 0 Å². The zero-order chi connectivity index (χ0) is 17.8. The molecular weight excluding hydrogens is 322 g/mol. The van der Waals surface area contributed by atoms with E-state index < -0.39 is 11.2 Å². The van der Waals surface area contributed by atoms with Crippen LogP contribution in [0.5, 0.6) is 0 Å². The van der Waals surface area contributed by atoms with E-state index in [1.807, 2.05) is 6.20 Å².